The molecule has 4 aliphatic rings. The van der Waals surface area contributed by atoms with Crippen molar-refractivity contribution in [2.45, 2.75) is 149 Å². The Kier molecular flexibility index (Phi) is 21.9. The van der Waals surface area contributed by atoms with E-state index in [2.05, 4.69) is 0 Å². The number of ether oxygens (including phenoxy) is 4. The molecular weight excluding hydrogens is 1200 g/mol. The van der Waals surface area contributed by atoms with Crippen molar-refractivity contribution >= 4 is 45.2 Å². The van der Waals surface area contributed by atoms with Gasteiger partial charge in [-0.3, -0.25) is 28.5 Å². The van der Waals surface area contributed by atoms with Gasteiger partial charge in [-0.05, 0) is 235 Å². The maximum absolute atomic E-state index is 13.2. The lowest BCUT2D eigenvalue weighted by atomic mass is 9.96. The minimum atomic E-state index is -4.40. The topological polar surface area (TPSA) is 147 Å². The number of piperidine rings is 2. The van der Waals surface area contributed by atoms with E-state index >= 15 is 0 Å². The zero-order valence-corrected chi connectivity index (χ0v) is 51.8. The summed E-state index contributed by atoms with van der Waals surface area (Å²) in [6.07, 6.45) is 8.17. The van der Waals surface area contributed by atoms with Gasteiger partial charge in [-0.15, -0.1) is 0 Å². The zero-order valence-electron chi connectivity index (χ0n) is 51.8. The summed E-state index contributed by atoms with van der Waals surface area (Å²) in [4.78, 5) is 56.1. The molecule has 2 amide bonds. The molecule has 6 heterocycles. The van der Waals surface area contributed by atoms with Crippen LogP contribution in [0.1, 0.15) is 161 Å². The van der Waals surface area contributed by atoms with Crippen LogP contribution in [0.15, 0.2) is 134 Å². The van der Waals surface area contributed by atoms with Gasteiger partial charge in [-0.2, -0.15) is 36.5 Å². The van der Waals surface area contributed by atoms with Crippen LogP contribution in [0.2, 0.25) is 0 Å². The van der Waals surface area contributed by atoms with Gasteiger partial charge in [0.15, 0.2) is 11.6 Å². The van der Waals surface area contributed by atoms with Gasteiger partial charge >= 0.3 is 12.4 Å². The summed E-state index contributed by atoms with van der Waals surface area (Å²) in [6, 6.07) is 29.9. The van der Waals surface area contributed by atoms with Gasteiger partial charge in [0.25, 0.3) is 11.8 Å². The molecule has 0 bridgehead atoms. The lowest BCUT2D eigenvalue weighted by Crippen LogP contribution is -2.39. The maximum Gasteiger partial charge on any atom is 0.416 e. The van der Waals surface area contributed by atoms with E-state index in [1.807, 2.05) is 69.7 Å². The van der Waals surface area contributed by atoms with E-state index in [1.54, 1.807) is 48.5 Å². The monoisotopic (exact) mass is 1280 g/mol. The fourth-order valence-electron chi connectivity index (χ4n) is 12.8. The fraction of sp³-hybridized carbons (Fsp3) is 0.425. The summed E-state index contributed by atoms with van der Waals surface area (Å²) in [7, 11) is 0. The number of halogens is 6. The third-order valence-electron chi connectivity index (χ3n) is 18.3. The lowest BCUT2D eigenvalue weighted by Gasteiger charge is -2.32. The summed E-state index contributed by atoms with van der Waals surface area (Å²) in [5.74, 6) is 2.35. The Bertz CT molecular complexity index is 3590. The molecule has 4 fully saturated rings. The van der Waals surface area contributed by atoms with Crippen molar-refractivity contribution in [3.63, 3.8) is 0 Å². The number of alkyl halides is 6. The van der Waals surface area contributed by atoms with E-state index in [-0.39, 0.29) is 54.5 Å². The van der Waals surface area contributed by atoms with E-state index < -0.39 is 23.5 Å². The van der Waals surface area contributed by atoms with Crippen LogP contribution in [-0.2, 0) is 34.9 Å². The molecule has 0 N–H and O–H groups in total. The Morgan fingerprint density at radius 3 is 1.14 bits per heavy atom. The van der Waals surface area contributed by atoms with E-state index in [1.165, 1.54) is 37.1 Å². The Morgan fingerprint density at radius 1 is 0.473 bits per heavy atom. The number of hydrogen-bond acceptors (Lipinski definition) is 10. The summed E-state index contributed by atoms with van der Waals surface area (Å²) in [5, 5.41) is 11.6. The number of aryl methyl sites for hydroxylation is 2. The molecule has 12 rings (SSSR count). The van der Waals surface area contributed by atoms with Crippen molar-refractivity contribution in [3.05, 3.63) is 178 Å². The van der Waals surface area contributed by atoms with Crippen LogP contribution in [0.25, 0.3) is 21.8 Å². The summed E-state index contributed by atoms with van der Waals surface area (Å²) in [6.45, 7) is 9.61. The van der Waals surface area contributed by atoms with Crippen LogP contribution in [0, 0.1) is 25.7 Å². The molecule has 6 aromatic carbocycles. The highest BCUT2D eigenvalue weighted by atomic mass is 19.4. The van der Waals surface area contributed by atoms with Crippen molar-refractivity contribution in [1.29, 1.82) is 0 Å². The van der Waals surface area contributed by atoms with Crippen LogP contribution >= 0.6 is 0 Å². The molecular formula is C73H80F6N6O8. The van der Waals surface area contributed by atoms with Crippen molar-refractivity contribution in [2.75, 3.05) is 39.4 Å². The first-order chi connectivity index (χ1) is 44.3. The molecule has 1 unspecified atom stereocenters. The van der Waals surface area contributed by atoms with Gasteiger partial charge in [-0.25, -0.2) is 0 Å². The average molecular weight is 1280 g/mol. The highest BCUT2D eigenvalue weighted by Gasteiger charge is 2.32. The molecule has 2 aromatic heterocycles. The Balaban J connectivity index is 0.000000201. The first kappa shape index (κ1) is 67.5. The molecule has 0 aliphatic carbocycles. The number of hydrogen-bond donors (Lipinski definition) is 0. The predicted octanol–water partition coefficient (Wildman–Crippen LogP) is 17.1. The highest BCUT2D eigenvalue weighted by molar-refractivity contribution is 6.03. The predicted molar refractivity (Wildman–Crippen MR) is 343 cm³/mol. The third kappa shape index (κ3) is 17.3. The lowest BCUT2D eigenvalue weighted by molar-refractivity contribution is -0.138. The molecule has 2 atom stereocenters. The zero-order chi connectivity index (χ0) is 64.5. The molecule has 4 aliphatic heterocycles. The van der Waals surface area contributed by atoms with Gasteiger partial charge in [0.2, 0.25) is 0 Å². The van der Waals surface area contributed by atoms with E-state index in [0.717, 1.165) is 159 Å². The Hall–Kier alpha value is -8.36. The van der Waals surface area contributed by atoms with Gasteiger partial charge < -0.3 is 28.7 Å². The standard InChI is InChI=1S/2C36H38F3N3O4.CH4/c2*1-24-31(34(43)16-13-28-4-2-3-21-45-28)14-15-33-32(24)23-42(40-33)22-25-17-19-41(20-18-25)35(44)26-5-9-29(10-6-26)46-30-11-7-27(8-12-30)36(37,38)39;/h2*5-12,14-15,23,25,28H,2-4,13,16-22H2,1H3;1H4/t28-;;/m0../s1. The average Bonchev–Trinajstić information content (AvgIpc) is 1.71. The number of aromatic nitrogens is 4. The molecule has 4 saturated heterocycles. The quantitative estimate of drug-likeness (QED) is 0.0601. The van der Waals surface area contributed by atoms with E-state index in [0.29, 0.717) is 73.5 Å². The van der Waals surface area contributed by atoms with Gasteiger partial charge in [0, 0.05) is 111 Å². The second-order valence-corrected chi connectivity index (χ2v) is 24.7. The Morgan fingerprint density at radius 2 is 0.817 bits per heavy atom. The summed E-state index contributed by atoms with van der Waals surface area (Å²) < 4.78 is 104. The Labute approximate surface area is 538 Å². The van der Waals surface area contributed by atoms with Crippen molar-refractivity contribution in [2.24, 2.45) is 11.8 Å². The number of carbonyl (C=O) groups is 4. The minimum absolute atomic E-state index is 0. The van der Waals surface area contributed by atoms with Crippen LogP contribution in [0.5, 0.6) is 23.0 Å². The van der Waals surface area contributed by atoms with E-state index in [9.17, 15) is 45.5 Å². The number of Topliss-reactive ketones (excluding diaryl/α,β-unsaturated/α-hetero) is 2. The summed E-state index contributed by atoms with van der Waals surface area (Å²) >= 11 is 0. The molecule has 14 nitrogen and oxygen atoms in total. The first-order valence-corrected chi connectivity index (χ1v) is 32.0. The number of rotatable bonds is 18. The fourth-order valence-corrected chi connectivity index (χ4v) is 12.8. The number of benzene rings is 6. The molecule has 0 saturated carbocycles. The second kappa shape index (κ2) is 30.2. The molecule has 8 aromatic rings. The first-order valence-electron chi connectivity index (χ1n) is 32.0. The second-order valence-electron chi connectivity index (χ2n) is 24.7. The van der Waals surface area contributed by atoms with Crippen LogP contribution in [0.4, 0.5) is 26.3 Å². The van der Waals surface area contributed by atoms with Gasteiger partial charge in [0.1, 0.15) is 23.0 Å². The van der Waals surface area contributed by atoms with Gasteiger partial charge in [-0.1, -0.05) is 7.43 Å². The van der Waals surface area contributed by atoms with Crippen molar-refractivity contribution in [3.8, 4) is 23.0 Å². The number of likely N-dealkylation sites (tertiary alicyclic amines) is 2. The van der Waals surface area contributed by atoms with Crippen molar-refractivity contribution < 1.29 is 64.5 Å². The van der Waals surface area contributed by atoms with Crippen LogP contribution in [0.3, 0.4) is 0 Å². The third-order valence-corrected chi connectivity index (χ3v) is 18.3. The van der Waals surface area contributed by atoms with E-state index in [4.69, 9.17) is 29.1 Å². The minimum Gasteiger partial charge on any atom is -0.457 e. The molecule has 0 spiro atoms. The molecule has 93 heavy (non-hydrogen) atoms. The molecule has 492 valence electrons. The van der Waals surface area contributed by atoms with Crippen molar-refractivity contribution in [1.82, 2.24) is 29.4 Å². The number of carbonyl (C=O) groups excluding carboxylic acids is 4. The summed E-state index contributed by atoms with van der Waals surface area (Å²) in [5.41, 5.74) is 4.79. The number of nitrogens with zero attached hydrogens (tertiary/aromatic N) is 6. The SMILES string of the molecule is C.Cc1c(C(=O)CCC2CCCCO2)ccc2nn(CC3CCN(C(=O)c4ccc(Oc5ccc(C(F)(F)F)cc5)cc4)CC3)cc12.Cc1c(C(=O)CC[C@@H]2CCCCO2)ccc2nn(CC3CCN(C(=O)c4ccc(Oc5ccc(C(F)(F)F)cc5)cc4)CC3)cc12. The van der Waals surface area contributed by atoms with Gasteiger partial charge in [0.05, 0.1) is 34.4 Å². The smallest absolute Gasteiger partial charge is 0.416 e. The maximum atomic E-state index is 13.2. The number of ketones is 2. The normalized spacial score (nSPS) is 17.5. The molecule has 0 radical (unpaired) electrons. The largest absolute Gasteiger partial charge is 0.457 e. The number of fused-ring (bicyclic) bond motifs is 2. The van der Waals surface area contributed by atoms with Crippen LogP contribution < -0.4 is 9.47 Å². The highest BCUT2D eigenvalue weighted by Crippen LogP contribution is 2.35. The molecule has 20 heteroatoms. The number of amides is 2. The van der Waals surface area contributed by atoms with Crippen LogP contribution in [-0.4, -0.2) is 104 Å².